The Hall–Kier alpha value is -2.55. The number of H-pyrrole nitrogens is 1. The zero-order chi connectivity index (χ0) is 12.1. The first kappa shape index (κ1) is 9.48. The second-order valence-electron chi connectivity index (χ2n) is 4.31. The third-order valence-electron chi connectivity index (χ3n) is 3.28. The molecule has 2 aromatic carbocycles. The standard InChI is InChI=1S/C15H9NO2/c17-15-13-9(7-8-16-15)5-6-12-14(13)10-3-1-2-4-11(10)18-12/h1-8H,(H,16,17). The van der Waals surface area contributed by atoms with E-state index >= 15 is 0 Å². The summed E-state index contributed by atoms with van der Waals surface area (Å²) in [7, 11) is 0. The normalized spacial score (nSPS) is 11.6. The maximum atomic E-state index is 12.0. The lowest BCUT2D eigenvalue weighted by Crippen LogP contribution is -2.04. The number of hydrogen-bond acceptors (Lipinski definition) is 2. The molecule has 0 unspecified atom stereocenters. The number of furan rings is 1. The molecule has 0 atom stereocenters. The summed E-state index contributed by atoms with van der Waals surface area (Å²) in [5.74, 6) is 0. The van der Waals surface area contributed by atoms with Crippen LogP contribution in [0.1, 0.15) is 0 Å². The molecule has 18 heavy (non-hydrogen) atoms. The van der Waals surface area contributed by atoms with Crippen LogP contribution >= 0.6 is 0 Å². The van der Waals surface area contributed by atoms with Crippen LogP contribution in [0.15, 0.2) is 57.9 Å². The van der Waals surface area contributed by atoms with E-state index in [4.69, 9.17) is 4.42 Å². The van der Waals surface area contributed by atoms with Gasteiger partial charge in [0.05, 0.1) is 5.39 Å². The van der Waals surface area contributed by atoms with Gasteiger partial charge in [0.25, 0.3) is 5.56 Å². The first-order valence-electron chi connectivity index (χ1n) is 5.76. The van der Waals surface area contributed by atoms with Crippen molar-refractivity contribution in [2.45, 2.75) is 0 Å². The smallest absolute Gasteiger partial charge is 0.256 e. The molecule has 0 aliphatic rings. The van der Waals surface area contributed by atoms with Crippen LogP contribution in [-0.2, 0) is 0 Å². The third kappa shape index (κ3) is 1.10. The number of para-hydroxylation sites is 1. The van der Waals surface area contributed by atoms with Crippen LogP contribution in [0.2, 0.25) is 0 Å². The van der Waals surface area contributed by atoms with E-state index in [9.17, 15) is 4.79 Å². The molecular formula is C15H9NO2. The minimum absolute atomic E-state index is 0.0790. The van der Waals surface area contributed by atoms with Crippen molar-refractivity contribution in [3.8, 4) is 0 Å². The van der Waals surface area contributed by atoms with Crippen molar-refractivity contribution < 1.29 is 4.42 Å². The lowest BCUT2D eigenvalue weighted by Gasteiger charge is -1.97. The van der Waals surface area contributed by atoms with E-state index in [0.717, 1.165) is 27.3 Å². The maximum Gasteiger partial charge on any atom is 0.256 e. The average Bonchev–Trinajstić information content (AvgIpc) is 2.77. The Morgan fingerprint density at radius 1 is 0.889 bits per heavy atom. The number of aromatic amines is 1. The summed E-state index contributed by atoms with van der Waals surface area (Å²) in [6.07, 6.45) is 1.67. The largest absolute Gasteiger partial charge is 0.456 e. The van der Waals surface area contributed by atoms with Gasteiger partial charge in [0.15, 0.2) is 0 Å². The molecule has 0 fully saturated rings. The summed E-state index contributed by atoms with van der Waals surface area (Å²) in [6.45, 7) is 0. The van der Waals surface area contributed by atoms with Crippen molar-refractivity contribution in [3.63, 3.8) is 0 Å². The minimum atomic E-state index is -0.0790. The van der Waals surface area contributed by atoms with Gasteiger partial charge in [-0.1, -0.05) is 24.3 Å². The Morgan fingerprint density at radius 3 is 2.72 bits per heavy atom. The van der Waals surface area contributed by atoms with Gasteiger partial charge in [-0.05, 0) is 23.6 Å². The number of pyridine rings is 1. The van der Waals surface area contributed by atoms with Gasteiger partial charge < -0.3 is 9.40 Å². The second kappa shape index (κ2) is 3.23. The first-order chi connectivity index (χ1) is 8.84. The van der Waals surface area contributed by atoms with Gasteiger partial charge in [0, 0.05) is 17.0 Å². The molecule has 3 heteroatoms. The summed E-state index contributed by atoms with van der Waals surface area (Å²) in [6, 6.07) is 13.5. The molecule has 0 spiro atoms. The zero-order valence-corrected chi connectivity index (χ0v) is 9.44. The fraction of sp³-hybridized carbons (Fsp3) is 0. The molecule has 0 saturated carbocycles. The van der Waals surface area contributed by atoms with Crippen molar-refractivity contribution in [1.82, 2.24) is 4.98 Å². The molecule has 0 radical (unpaired) electrons. The number of hydrogen-bond donors (Lipinski definition) is 1. The van der Waals surface area contributed by atoms with Crippen LogP contribution < -0.4 is 5.56 Å². The SMILES string of the molecule is O=c1[nH]ccc2ccc3oc4ccccc4c3c12. The summed E-state index contributed by atoms with van der Waals surface area (Å²) in [5, 5.41) is 3.50. The van der Waals surface area contributed by atoms with Crippen molar-refractivity contribution >= 4 is 32.7 Å². The Bertz CT molecular complexity index is 947. The van der Waals surface area contributed by atoms with Gasteiger partial charge in [0.1, 0.15) is 11.2 Å². The topological polar surface area (TPSA) is 46.0 Å². The summed E-state index contributed by atoms with van der Waals surface area (Å²) in [5.41, 5.74) is 1.48. The molecule has 0 saturated heterocycles. The highest BCUT2D eigenvalue weighted by atomic mass is 16.3. The Morgan fingerprint density at radius 2 is 1.78 bits per heavy atom. The number of fused-ring (bicyclic) bond motifs is 5. The molecule has 0 aliphatic carbocycles. The fourth-order valence-electron chi connectivity index (χ4n) is 2.50. The van der Waals surface area contributed by atoms with Crippen molar-refractivity contribution in [1.29, 1.82) is 0 Å². The molecule has 1 N–H and O–H groups in total. The first-order valence-corrected chi connectivity index (χ1v) is 5.76. The molecule has 86 valence electrons. The lowest BCUT2D eigenvalue weighted by atomic mass is 10.1. The molecule has 0 aliphatic heterocycles. The Kier molecular flexibility index (Phi) is 1.70. The van der Waals surface area contributed by atoms with Crippen molar-refractivity contribution in [2.24, 2.45) is 0 Å². The number of aromatic nitrogens is 1. The van der Waals surface area contributed by atoms with Crippen LogP contribution in [0, 0.1) is 0 Å². The van der Waals surface area contributed by atoms with Gasteiger partial charge in [-0.25, -0.2) is 0 Å². The summed E-state index contributed by atoms with van der Waals surface area (Å²) in [4.78, 5) is 14.8. The van der Waals surface area contributed by atoms with E-state index in [1.165, 1.54) is 0 Å². The summed E-state index contributed by atoms with van der Waals surface area (Å²) < 4.78 is 5.76. The molecule has 4 aromatic rings. The van der Waals surface area contributed by atoms with Crippen LogP contribution in [0.5, 0.6) is 0 Å². The molecule has 0 amide bonds. The highest BCUT2D eigenvalue weighted by molar-refractivity contribution is 6.18. The van der Waals surface area contributed by atoms with Gasteiger partial charge in [-0.3, -0.25) is 4.79 Å². The Labute approximate surface area is 102 Å². The molecule has 4 rings (SSSR count). The maximum absolute atomic E-state index is 12.0. The van der Waals surface area contributed by atoms with E-state index in [0.29, 0.717) is 5.39 Å². The van der Waals surface area contributed by atoms with E-state index < -0.39 is 0 Å². The van der Waals surface area contributed by atoms with Gasteiger partial charge in [-0.15, -0.1) is 0 Å². The third-order valence-corrected chi connectivity index (χ3v) is 3.28. The lowest BCUT2D eigenvalue weighted by molar-refractivity contribution is 0.669. The molecular weight excluding hydrogens is 226 g/mol. The van der Waals surface area contributed by atoms with E-state index in [-0.39, 0.29) is 5.56 Å². The average molecular weight is 235 g/mol. The van der Waals surface area contributed by atoms with Crippen LogP contribution in [0.3, 0.4) is 0 Å². The quantitative estimate of drug-likeness (QED) is 0.507. The van der Waals surface area contributed by atoms with E-state index in [1.807, 2.05) is 42.5 Å². The second-order valence-corrected chi connectivity index (χ2v) is 4.31. The van der Waals surface area contributed by atoms with Crippen LogP contribution in [0.25, 0.3) is 32.7 Å². The van der Waals surface area contributed by atoms with Gasteiger partial charge in [0.2, 0.25) is 0 Å². The zero-order valence-electron chi connectivity index (χ0n) is 9.44. The van der Waals surface area contributed by atoms with Gasteiger partial charge in [-0.2, -0.15) is 0 Å². The molecule has 2 heterocycles. The highest BCUT2D eigenvalue weighted by Gasteiger charge is 2.11. The number of nitrogens with one attached hydrogen (secondary N) is 1. The summed E-state index contributed by atoms with van der Waals surface area (Å²) >= 11 is 0. The molecule has 0 bridgehead atoms. The van der Waals surface area contributed by atoms with E-state index in [1.54, 1.807) is 6.20 Å². The predicted molar refractivity (Wildman–Crippen MR) is 71.8 cm³/mol. The Balaban J connectivity index is 2.44. The number of benzene rings is 2. The monoisotopic (exact) mass is 235 g/mol. The van der Waals surface area contributed by atoms with Gasteiger partial charge >= 0.3 is 0 Å². The van der Waals surface area contributed by atoms with Crippen LogP contribution in [-0.4, -0.2) is 4.98 Å². The van der Waals surface area contributed by atoms with Crippen molar-refractivity contribution in [2.75, 3.05) is 0 Å². The molecule has 2 aromatic heterocycles. The van der Waals surface area contributed by atoms with Crippen molar-refractivity contribution in [3.05, 3.63) is 59.0 Å². The molecule has 3 nitrogen and oxygen atoms in total. The predicted octanol–water partition coefficient (Wildman–Crippen LogP) is 3.43. The highest BCUT2D eigenvalue weighted by Crippen LogP contribution is 2.32. The van der Waals surface area contributed by atoms with Crippen LogP contribution in [0.4, 0.5) is 0 Å². The fourth-order valence-corrected chi connectivity index (χ4v) is 2.50. The number of rotatable bonds is 0. The minimum Gasteiger partial charge on any atom is -0.456 e. The van der Waals surface area contributed by atoms with E-state index in [2.05, 4.69) is 4.98 Å².